The third-order valence-electron chi connectivity index (χ3n) is 3.63. The number of aromatic nitrogens is 1. The molecule has 0 N–H and O–H groups in total. The number of pyridine rings is 1. The molecule has 2 heteroatoms. The van der Waals surface area contributed by atoms with Crippen LogP contribution in [-0.2, 0) is 7.05 Å². The Labute approximate surface area is 124 Å². The van der Waals surface area contributed by atoms with Crippen LogP contribution >= 0.6 is 0 Å². The summed E-state index contributed by atoms with van der Waals surface area (Å²) in [6, 6.07) is 18.6. The number of aryl methyl sites for hydroxylation is 1. The Hall–Kier alpha value is -2.61. The van der Waals surface area contributed by atoms with Crippen molar-refractivity contribution in [1.82, 2.24) is 0 Å². The lowest BCUT2D eigenvalue weighted by Gasteiger charge is -2.04. The Morgan fingerprint density at radius 1 is 0.952 bits per heavy atom. The van der Waals surface area contributed by atoms with Gasteiger partial charge < -0.3 is 4.74 Å². The Kier molecular flexibility index (Phi) is 3.69. The first-order valence-corrected chi connectivity index (χ1v) is 6.97. The lowest BCUT2D eigenvalue weighted by atomic mass is 10.1. The van der Waals surface area contributed by atoms with E-state index < -0.39 is 0 Å². The number of methoxy groups -OCH3 is 1. The number of ether oxygens (including phenoxy) is 1. The van der Waals surface area contributed by atoms with E-state index in [4.69, 9.17) is 4.74 Å². The van der Waals surface area contributed by atoms with Gasteiger partial charge in [-0.2, -0.15) is 0 Å². The van der Waals surface area contributed by atoms with Crippen LogP contribution in [0.5, 0.6) is 5.75 Å². The first-order valence-electron chi connectivity index (χ1n) is 6.97. The van der Waals surface area contributed by atoms with Gasteiger partial charge in [0, 0.05) is 12.1 Å². The molecule has 0 unspecified atom stereocenters. The average Bonchev–Trinajstić information content (AvgIpc) is 2.55. The summed E-state index contributed by atoms with van der Waals surface area (Å²) in [6.45, 7) is 0. The molecule has 0 aliphatic carbocycles. The highest BCUT2D eigenvalue weighted by molar-refractivity contribution is 5.89. The SMILES string of the molecule is COc1ccc2c(c1)c(/C=C/c1ccccc1)cc[n+]2C. The zero-order chi connectivity index (χ0) is 14.7. The largest absolute Gasteiger partial charge is 0.497 e. The molecule has 0 saturated carbocycles. The maximum atomic E-state index is 5.35. The lowest BCUT2D eigenvalue weighted by Crippen LogP contribution is -2.28. The molecule has 1 heterocycles. The number of hydrogen-bond donors (Lipinski definition) is 0. The molecule has 0 bridgehead atoms. The average molecular weight is 276 g/mol. The minimum Gasteiger partial charge on any atom is -0.497 e. The Morgan fingerprint density at radius 3 is 2.52 bits per heavy atom. The monoisotopic (exact) mass is 276 g/mol. The van der Waals surface area contributed by atoms with E-state index in [2.05, 4.69) is 60.3 Å². The van der Waals surface area contributed by atoms with Crippen molar-refractivity contribution in [1.29, 1.82) is 0 Å². The van der Waals surface area contributed by atoms with Crippen LogP contribution in [0.15, 0.2) is 60.8 Å². The van der Waals surface area contributed by atoms with Gasteiger partial charge in [0.15, 0.2) is 6.20 Å². The van der Waals surface area contributed by atoms with Gasteiger partial charge >= 0.3 is 0 Å². The number of hydrogen-bond acceptors (Lipinski definition) is 1. The predicted octanol–water partition coefficient (Wildman–Crippen LogP) is 3.84. The molecule has 0 saturated heterocycles. The normalized spacial score (nSPS) is 11.1. The summed E-state index contributed by atoms with van der Waals surface area (Å²) in [5, 5.41) is 1.19. The highest BCUT2D eigenvalue weighted by Crippen LogP contribution is 2.23. The maximum absolute atomic E-state index is 5.35. The van der Waals surface area contributed by atoms with Gasteiger partial charge in [0.25, 0.3) is 0 Å². The minimum atomic E-state index is 0.878. The van der Waals surface area contributed by atoms with Crippen molar-refractivity contribution in [3.8, 4) is 5.75 Å². The van der Waals surface area contributed by atoms with Crippen LogP contribution < -0.4 is 9.30 Å². The fourth-order valence-corrected chi connectivity index (χ4v) is 2.44. The first kappa shape index (κ1) is 13.4. The van der Waals surface area contributed by atoms with Crippen molar-refractivity contribution >= 4 is 23.1 Å². The van der Waals surface area contributed by atoms with Gasteiger partial charge in [0.2, 0.25) is 5.52 Å². The van der Waals surface area contributed by atoms with Crippen molar-refractivity contribution in [2.24, 2.45) is 7.05 Å². The van der Waals surface area contributed by atoms with E-state index >= 15 is 0 Å². The summed E-state index contributed by atoms with van der Waals surface area (Å²) in [5.41, 5.74) is 3.57. The topological polar surface area (TPSA) is 13.1 Å². The molecule has 0 atom stereocenters. The van der Waals surface area contributed by atoms with E-state index in [1.165, 1.54) is 22.0 Å². The number of benzene rings is 2. The van der Waals surface area contributed by atoms with Gasteiger partial charge in [0.05, 0.1) is 12.5 Å². The second kappa shape index (κ2) is 5.80. The van der Waals surface area contributed by atoms with E-state index in [-0.39, 0.29) is 0 Å². The summed E-state index contributed by atoms with van der Waals surface area (Å²) in [4.78, 5) is 0. The molecule has 0 aliphatic rings. The summed E-state index contributed by atoms with van der Waals surface area (Å²) in [5.74, 6) is 0.878. The highest BCUT2D eigenvalue weighted by atomic mass is 16.5. The second-order valence-corrected chi connectivity index (χ2v) is 5.01. The standard InChI is InChI=1S/C19H18NO/c1-20-13-12-16(9-8-15-6-4-3-5-7-15)18-14-17(21-2)10-11-19(18)20/h3-14H,1-2H3/q+1/b9-8+. The molecule has 0 fully saturated rings. The van der Waals surface area contributed by atoms with Crippen molar-refractivity contribution in [3.05, 3.63) is 71.9 Å². The first-order chi connectivity index (χ1) is 10.3. The van der Waals surface area contributed by atoms with Crippen LogP contribution in [0.3, 0.4) is 0 Å². The smallest absolute Gasteiger partial charge is 0.213 e. The van der Waals surface area contributed by atoms with Gasteiger partial charge in [0.1, 0.15) is 12.8 Å². The predicted molar refractivity (Wildman–Crippen MR) is 87.0 cm³/mol. The summed E-state index contributed by atoms with van der Waals surface area (Å²) < 4.78 is 7.47. The zero-order valence-electron chi connectivity index (χ0n) is 12.3. The minimum absolute atomic E-state index is 0.878. The van der Waals surface area contributed by atoms with E-state index in [0.717, 1.165) is 5.75 Å². The molecule has 0 radical (unpaired) electrons. The van der Waals surface area contributed by atoms with Crippen molar-refractivity contribution in [3.63, 3.8) is 0 Å². The molecule has 2 aromatic carbocycles. The highest BCUT2D eigenvalue weighted by Gasteiger charge is 2.09. The molecule has 3 aromatic rings. The molecule has 21 heavy (non-hydrogen) atoms. The van der Waals surface area contributed by atoms with Gasteiger partial charge in [-0.25, -0.2) is 4.57 Å². The van der Waals surface area contributed by atoms with E-state index in [1.807, 2.05) is 24.3 Å². The molecule has 0 spiro atoms. The van der Waals surface area contributed by atoms with Crippen molar-refractivity contribution < 1.29 is 9.30 Å². The van der Waals surface area contributed by atoms with E-state index in [9.17, 15) is 0 Å². The third kappa shape index (κ3) is 2.79. The van der Waals surface area contributed by atoms with E-state index in [0.29, 0.717) is 0 Å². The van der Waals surface area contributed by atoms with Crippen LogP contribution in [0.25, 0.3) is 23.1 Å². The fourth-order valence-electron chi connectivity index (χ4n) is 2.44. The fraction of sp³-hybridized carbons (Fsp3) is 0.105. The molecule has 3 rings (SSSR count). The molecule has 0 aliphatic heterocycles. The van der Waals surface area contributed by atoms with Crippen LogP contribution in [-0.4, -0.2) is 7.11 Å². The van der Waals surface area contributed by atoms with Crippen LogP contribution in [0.4, 0.5) is 0 Å². The van der Waals surface area contributed by atoms with Gasteiger partial charge in [-0.1, -0.05) is 42.5 Å². The van der Waals surface area contributed by atoms with Gasteiger partial charge in [-0.05, 0) is 23.3 Å². The van der Waals surface area contributed by atoms with Crippen LogP contribution in [0, 0.1) is 0 Å². The number of fused-ring (bicyclic) bond motifs is 1. The maximum Gasteiger partial charge on any atom is 0.213 e. The third-order valence-corrected chi connectivity index (χ3v) is 3.63. The Balaban J connectivity index is 2.10. The van der Waals surface area contributed by atoms with Crippen molar-refractivity contribution in [2.45, 2.75) is 0 Å². The summed E-state index contributed by atoms with van der Waals surface area (Å²) >= 11 is 0. The quantitative estimate of drug-likeness (QED) is 0.662. The van der Waals surface area contributed by atoms with Crippen LogP contribution in [0.1, 0.15) is 11.1 Å². The Bertz CT molecular complexity index is 791. The van der Waals surface area contributed by atoms with Crippen LogP contribution in [0.2, 0.25) is 0 Å². The van der Waals surface area contributed by atoms with Gasteiger partial charge in [-0.15, -0.1) is 0 Å². The number of rotatable bonds is 3. The van der Waals surface area contributed by atoms with E-state index in [1.54, 1.807) is 7.11 Å². The van der Waals surface area contributed by atoms with Crippen molar-refractivity contribution in [2.75, 3.05) is 7.11 Å². The zero-order valence-corrected chi connectivity index (χ0v) is 12.3. The summed E-state index contributed by atoms with van der Waals surface area (Å²) in [7, 11) is 3.75. The molecule has 2 nitrogen and oxygen atoms in total. The lowest BCUT2D eigenvalue weighted by molar-refractivity contribution is -0.644. The molecular formula is C19H18NO+. The Morgan fingerprint density at radius 2 is 1.76 bits per heavy atom. The second-order valence-electron chi connectivity index (χ2n) is 5.01. The molecule has 0 amide bonds. The molecule has 104 valence electrons. The summed E-state index contributed by atoms with van der Waals surface area (Å²) in [6.07, 6.45) is 6.37. The number of nitrogens with zero attached hydrogens (tertiary/aromatic N) is 1. The molecular weight excluding hydrogens is 258 g/mol. The molecule has 1 aromatic heterocycles. The van der Waals surface area contributed by atoms with Gasteiger partial charge in [-0.3, -0.25) is 0 Å².